The van der Waals surface area contributed by atoms with Gasteiger partial charge in [-0.15, -0.1) is 0 Å². The van der Waals surface area contributed by atoms with E-state index in [0.29, 0.717) is 24.9 Å². The van der Waals surface area contributed by atoms with Gasteiger partial charge in [0.25, 0.3) is 0 Å². The molecule has 0 aliphatic heterocycles. The first-order chi connectivity index (χ1) is 6.34. The van der Waals surface area contributed by atoms with Crippen molar-refractivity contribution in [3.05, 3.63) is 12.2 Å². The summed E-state index contributed by atoms with van der Waals surface area (Å²) < 4.78 is 5.21. The standard InChI is InChI=1S/C11H18O2/c1-2-3-8-13-9-11(12)10-6-4-5-7-10/h2-3,10H,4-9H2,1H3/b3-2+. The Labute approximate surface area is 80.0 Å². The maximum Gasteiger partial charge on any atom is 0.161 e. The molecule has 13 heavy (non-hydrogen) atoms. The fourth-order valence-electron chi connectivity index (χ4n) is 1.69. The lowest BCUT2D eigenvalue weighted by molar-refractivity contribution is -0.126. The summed E-state index contributed by atoms with van der Waals surface area (Å²) in [7, 11) is 0. The zero-order valence-electron chi connectivity index (χ0n) is 8.29. The number of allylic oxidation sites excluding steroid dienone is 1. The third kappa shape index (κ3) is 3.73. The van der Waals surface area contributed by atoms with Crippen LogP contribution in [-0.4, -0.2) is 19.0 Å². The quantitative estimate of drug-likeness (QED) is 0.482. The van der Waals surface area contributed by atoms with Gasteiger partial charge >= 0.3 is 0 Å². The maximum atomic E-state index is 11.5. The van der Waals surface area contributed by atoms with Crippen molar-refractivity contribution in [1.82, 2.24) is 0 Å². The van der Waals surface area contributed by atoms with Gasteiger partial charge in [0.05, 0.1) is 6.61 Å². The van der Waals surface area contributed by atoms with Crippen LogP contribution < -0.4 is 0 Å². The lowest BCUT2D eigenvalue weighted by Gasteiger charge is -2.06. The highest BCUT2D eigenvalue weighted by Crippen LogP contribution is 2.25. The molecule has 1 fully saturated rings. The number of Topliss-reactive ketones (excluding diaryl/α,β-unsaturated/α-hetero) is 1. The van der Waals surface area contributed by atoms with E-state index >= 15 is 0 Å². The topological polar surface area (TPSA) is 26.3 Å². The Morgan fingerprint density at radius 2 is 2.15 bits per heavy atom. The van der Waals surface area contributed by atoms with E-state index in [-0.39, 0.29) is 0 Å². The molecule has 0 aromatic carbocycles. The fraction of sp³-hybridized carbons (Fsp3) is 0.727. The average molecular weight is 182 g/mol. The third-order valence-electron chi connectivity index (χ3n) is 2.50. The van der Waals surface area contributed by atoms with Crippen molar-refractivity contribution in [3.8, 4) is 0 Å². The summed E-state index contributed by atoms with van der Waals surface area (Å²) in [4.78, 5) is 11.5. The Morgan fingerprint density at radius 3 is 2.77 bits per heavy atom. The van der Waals surface area contributed by atoms with Gasteiger partial charge in [0.1, 0.15) is 6.61 Å². The summed E-state index contributed by atoms with van der Waals surface area (Å²) in [5.74, 6) is 0.590. The molecule has 1 aliphatic rings. The second-order valence-corrected chi connectivity index (χ2v) is 3.53. The molecule has 2 nitrogen and oxygen atoms in total. The number of carbonyl (C=O) groups excluding carboxylic acids is 1. The first kappa shape index (κ1) is 10.5. The molecular formula is C11H18O2. The van der Waals surface area contributed by atoms with Crippen LogP contribution >= 0.6 is 0 Å². The number of ether oxygens (including phenoxy) is 1. The van der Waals surface area contributed by atoms with Crippen molar-refractivity contribution in [2.24, 2.45) is 5.92 Å². The SMILES string of the molecule is C/C=C/COCC(=O)C1CCCC1. The summed E-state index contributed by atoms with van der Waals surface area (Å²) in [6.07, 6.45) is 8.43. The Hall–Kier alpha value is -0.630. The van der Waals surface area contributed by atoms with Crippen molar-refractivity contribution in [3.63, 3.8) is 0 Å². The normalized spacial score (nSPS) is 18.5. The maximum absolute atomic E-state index is 11.5. The smallest absolute Gasteiger partial charge is 0.161 e. The largest absolute Gasteiger partial charge is 0.370 e. The van der Waals surface area contributed by atoms with Crippen molar-refractivity contribution in [2.75, 3.05) is 13.2 Å². The summed E-state index contributed by atoms with van der Waals surface area (Å²) in [6, 6.07) is 0. The second kappa shape index (κ2) is 5.92. The zero-order chi connectivity index (χ0) is 9.52. The predicted octanol–water partition coefficient (Wildman–Crippen LogP) is 2.34. The van der Waals surface area contributed by atoms with Crippen LogP contribution in [0.25, 0.3) is 0 Å². The van der Waals surface area contributed by atoms with Gasteiger partial charge in [0.15, 0.2) is 5.78 Å². The first-order valence-electron chi connectivity index (χ1n) is 5.06. The van der Waals surface area contributed by atoms with Crippen LogP contribution in [-0.2, 0) is 9.53 Å². The summed E-state index contributed by atoms with van der Waals surface area (Å²) in [6.45, 7) is 2.81. The van der Waals surface area contributed by atoms with E-state index in [1.807, 2.05) is 19.1 Å². The summed E-state index contributed by atoms with van der Waals surface area (Å²) in [5, 5.41) is 0. The average Bonchev–Trinajstić information content (AvgIpc) is 2.65. The van der Waals surface area contributed by atoms with Gasteiger partial charge in [-0.3, -0.25) is 4.79 Å². The van der Waals surface area contributed by atoms with E-state index < -0.39 is 0 Å². The van der Waals surface area contributed by atoms with E-state index in [9.17, 15) is 4.79 Å². The predicted molar refractivity (Wildman–Crippen MR) is 52.6 cm³/mol. The highest BCUT2D eigenvalue weighted by Gasteiger charge is 2.21. The summed E-state index contributed by atoms with van der Waals surface area (Å²) in [5.41, 5.74) is 0. The van der Waals surface area contributed by atoms with E-state index in [1.165, 1.54) is 12.8 Å². The molecule has 0 N–H and O–H groups in total. The van der Waals surface area contributed by atoms with Crippen LogP contribution in [0.4, 0.5) is 0 Å². The van der Waals surface area contributed by atoms with Crippen LogP contribution in [0.2, 0.25) is 0 Å². The van der Waals surface area contributed by atoms with Crippen LogP contribution in [0.5, 0.6) is 0 Å². The Morgan fingerprint density at radius 1 is 1.46 bits per heavy atom. The van der Waals surface area contributed by atoms with Gasteiger partial charge in [-0.2, -0.15) is 0 Å². The fourth-order valence-corrected chi connectivity index (χ4v) is 1.69. The van der Waals surface area contributed by atoms with Crippen molar-refractivity contribution in [1.29, 1.82) is 0 Å². The number of carbonyl (C=O) groups is 1. The van der Waals surface area contributed by atoms with Gasteiger partial charge in [-0.05, 0) is 19.8 Å². The molecule has 0 saturated heterocycles. The molecular weight excluding hydrogens is 164 g/mol. The lowest BCUT2D eigenvalue weighted by atomic mass is 10.0. The Kier molecular flexibility index (Phi) is 4.76. The van der Waals surface area contributed by atoms with Gasteiger partial charge < -0.3 is 4.74 Å². The minimum atomic E-state index is 0.294. The minimum Gasteiger partial charge on any atom is -0.370 e. The van der Waals surface area contributed by atoms with E-state index in [2.05, 4.69) is 0 Å². The molecule has 2 heteroatoms. The molecule has 0 unspecified atom stereocenters. The van der Waals surface area contributed by atoms with Gasteiger partial charge in [0.2, 0.25) is 0 Å². The first-order valence-corrected chi connectivity index (χ1v) is 5.06. The third-order valence-corrected chi connectivity index (χ3v) is 2.50. The molecule has 0 radical (unpaired) electrons. The van der Waals surface area contributed by atoms with Crippen LogP contribution in [0.1, 0.15) is 32.6 Å². The molecule has 0 spiro atoms. The number of ketones is 1. The van der Waals surface area contributed by atoms with E-state index in [0.717, 1.165) is 12.8 Å². The number of hydrogen-bond acceptors (Lipinski definition) is 2. The van der Waals surface area contributed by atoms with E-state index in [4.69, 9.17) is 4.74 Å². The van der Waals surface area contributed by atoms with Gasteiger partial charge in [-0.1, -0.05) is 25.0 Å². The van der Waals surface area contributed by atoms with Gasteiger partial charge in [-0.25, -0.2) is 0 Å². The minimum absolute atomic E-state index is 0.294. The molecule has 0 atom stereocenters. The molecule has 1 rings (SSSR count). The van der Waals surface area contributed by atoms with Crippen LogP contribution in [0, 0.1) is 5.92 Å². The van der Waals surface area contributed by atoms with Crippen molar-refractivity contribution in [2.45, 2.75) is 32.6 Å². The van der Waals surface area contributed by atoms with Crippen molar-refractivity contribution >= 4 is 5.78 Å². The lowest BCUT2D eigenvalue weighted by Crippen LogP contribution is -2.17. The summed E-state index contributed by atoms with van der Waals surface area (Å²) >= 11 is 0. The molecule has 0 heterocycles. The Bertz CT molecular complexity index is 179. The molecule has 0 aromatic rings. The zero-order valence-corrected chi connectivity index (χ0v) is 8.29. The molecule has 0 aromatic heterocycles. The number of rotatable bonds is 5. The van der Waals surface area contributed by atoms with E-state index in [1.54, 1.807) is 0 Å². The molecule has 0 bridgehead atoms. The molecule has 0 amide bonds. The number of hydrogen-bond donors (Lipinski definition) is 0. The van der Waals surface area contributed by atoms with Gasteiger partial charge in [0, 0.05) is 5.92 Å². The van der Waals surface area contributed by atoms with Crippen molar-refractivity contribution < 1.29 is 9.53 Å². The van der Waals surface area contributed by atoms with Crippen LogP contribution in [0.15, 0.2) is 12.2 Å². The highest BCUT2D eigenvalue weighted by molar-refractivity contribution is 5.82. The Balaban J connectivity index is 2.09. The monoisotopic (exact) mass is 182 g/mol. The molecule has 1 saturated carbocycles. The molecule has 74 valence electrons. The molecule has 1 aliphatic carbocycles. The highest BCUT2D eigenvalue weighted by atomic mass is 16.5. The van der Waals surface area contributed by atoms with Crippen LogP contribution in [0.3, 0.4) is 0 Å². The second-order valence-electron chi connectivity index (χ2n) is 3.53.